The summed E-state index contributed by atoms with van der Waals surface area (Å²) in [6.45, 7) is 7.57. The molecule has 2 aromatic rings. The van der Waals surface area contributed by atoms with Gasteiger partial charge in [0.2, 0.25) is 10.0 Å². The number of hydrogen-bond acceptors (Lipinski definition) is 6. The molecule has 1 aromatic carbocycles. The molecule has 1 aliphatic heterocycles. The minimum atomic E-state index is -3.63. The average molecular weight is 424 g/mol. The monoisotopic (exact) mass is 423 g/mol. The van der Waals surface area contributed by atoms with Crippen LogP contribution in [-0.2, 0) is 14.8 Å². The van der Waals surface area contributed by atoms with E-state index in [2.05, 4.69) is 29.5 Å². The third-order valence-corrected chi connectivity index (χ3v) is 6.86. The van der Waals surface area contributed by atoms with Gasteiger partial charge in [0.15, 0.2) is 6.61 Å². The second-order valence-corrected chi connectivity index (χ2v) is 9.80. The summed E-state index contributed by atoms with van der Waals surface area (Å²) >= 11 is 0. The van der Waals surface area contributed by atoms with Gasteiger partial charge in [0.05, 0.1) is 4.90 Å². The number of amides is 1. The number of benzene rings is 1. The zero-order chi connectivity index (χ0) is 21.0. The van der Waals surface area contributed by atoms with Crippen molar-refractivity contribution in [3.8, 4) is 0 Å². The van der Waals surface area contributed by atoms with E-state index in [1.165, 1.54) is 12.1 Å². The molecule has 3 rings (SSSR count). The van der Waals surface area contributed by atoms with Gasteiger partial charge in [-0.1, -0.05) is 32.0 Å². The van der Waals surface area contributed by atoms with Gasteiger partial charge in [-0.2, -0.15) is 4.31 Å². The lowest BCUT2D eigenvalue weighted by Gasteiger charge is -2.34. The Labute approximate surface area is 171 Å². The zero-order valence-corrected chi connectivity index (χ0v) is 18.0. The van der Waals surface area contributed by atoms with Gasteiger partial charge < -0.3 is 10.2 Å². The fourth-order valence-corrected chi connectivity index (χ4v) is 5.36. The first kappa shape index (κ1) is 21.5. The van der Waals surface area contributed by atoms with Crippen molar-refractivity contribution in [3.63, 3.8) is 0 Å². The number of carbonyl (C=O) groups excluding carboxylic acids is 1. The van der Waals surface area contributed by atoms with Gasteiger partial charge in [0.1, 0.15) is 11.0 Å². The first-order chi connectivity index (χ1) is 13.8. The van der Waals surface area contributed by atoms with Gasteiger partial charge >= 0.3 is 0 Å². The molecule has 1 N–H and O–H groups in total. The van der Waals surface area contributed by atoms with Gasteiger partial charge in [-0.05, 0) is 48.1 Å². The van der Waals surface area contributed by atoms with Crippen molar-refractivity contribution in [2.45, 2.75) is 44.9 Å². The van der Waals surface area contributed by atoms with Crippen LogP contribution in [0.2, 0.25) is 0 Å². The molecule has 1 aromatic heterocycles. The van der Waals surface area contributed by atoms with E-state index in [4.69, 9.17) is 4.84 Å². The first-order valence-electron chi connectivity index (χ1n) is 10.1. The number of aromatic nitrogens is 3. The number of fused-ring (bicyclic) bond motifs is 1. The number of nitrogens with one attached hydrogen (secondary N) is 1. The molecular weight excluding hydrogens is 394 g/mol. The van der Waals surface area contributed by atoms with Crippen LogP contribution in [0.1, 0.15) is 40.0 Å². The molecule has 0 aliphatic carbocycles. The Hall–Kier alpha value is -2.20. The Bertz CT molecular complexity index is 949. The summed E-state index contributed by atoms with van der Waals surface area (Å²) in [5.41, 5.74) is 0.904. The van der Waals surface area contributed by atoms with E-state index in [9.17, 15) is 13.2 Å². The molecule has 160 valence electrons. The molecule has 0 saturated carbocycles. The SMILES string of the molecule is CCCCNC(=O)COn1nnc2ccc(S(=O)(=O)N3C[C@H](C)C[C@H](C)C3)cc21. The Morgan fingerprint density at radius 3 is 2.69 bits per heavy atom. The molecular formula is C19H29N5O4S. The number of sulfonamides is 1. The van der Waals surface area contributed by atoms with Crippen molar-refractivity contribution in [3.05, 3.63) is 18.2 Å². The van der Waals surface area contributed by atoms with E-state index < -0.39 is 10.0 Å². The fourth-order valence-electron chi connectivity index (χ4n) is 3.66. The summed E-state index contributed by atoms with van der Waals surface area (Å²) in [6.07, 6.45) is 2.91. The lowest BCUT2D eigenvalue weighted by Crippen LogP contribution is -2.42. The predicted octanol–water partition coefficient (Wildman–Crippen LogP) is 1.44. The minimum Gasteiger partial charge on any atom is -0.385 e. The second-order valence-electron chi connectivity index (χ2n) is 7.86. The maximum atomic E-state index is 13.1. The van der Waals surface area contributed by atoms with E-state index in [1.54, 1.807) is 10.4 Å². The van der Waals surface area contributed by atoms with Crippen molar-refractivity contribution in [2.75, 3.05) is 26.2 Å². The Kier molecular flexibility index (Phi) is 6.74. The number of rotatable bonds is 8. The topological polar surface area (TPSA) is 106 Å². The lowest BCUT2D eigenvalue weighted by molar-refractivity contribution is -0.126. The maximum Gasteiger partial charge on any atom is 0.260 e. The molecule has 0 bridgehead atoms. The van der Waals surface area contributed by atoms with Crippen LogP contribution in [0.3, 0.4) is 0 Å². The quantitative estimate of drug-likeness (QED) is 0.644. The summed E-state index contributed by atoms with van der Waals surface area (Å²) in [7, 11) is -3.63. The normalized spacial score (nSPS) is 20.7. The predicted molar refractivity (Wildman–Crippen MR) is 109 cm³/mol. The first-order valence-corrected chi connectivity index (χ1v) is 11.5. The minimum absolute atomic E-state index is 0.172. The molecule has 1 saturated heterocycles. The second kappa shape index (κ2) is 9.08. The van der Waals surface area contributed by atoms with E-state index in [0.29, 0.717) is 42.5 Å². The summed E-state index contributed by atoms with van der Waals surface area (Å²) in [4.78, 5) is 18.5. The number of hydrogen-bond donors (Lipinski definition) is 1. The van der Waals surface area contributed by atoms with Crippen molar-refractivity contribution in [2.24, 2.45) is 11.8 Å². The summed E-state index contributed by atoms with van der Waals surface area (Å²) in [6, 6.07) is 4.65. The average Bonchev–Trinajstić information content (AvgIpc) is 3.08. The van der Waals surface area contributed by atoms with E-state index in [-0.39, 0.29) is 17.4 Å². The third-order valence-electron chi connectivity index (χ3n) is 5.03. The highest BCUT2D eigenvalue weighted by Gasteiger charge is 2.32. The highest BCUT2D eigenvalue weighted by Crippen LogP contribution is 2.27. The van der Waals surface area contributed by atoms with Gasteiger partial charge in [-0.25, -0.2) is 8.42 Å². The molecule has 2 atom stereocenters. The molecule has 29 heavy (non-hydrogen) atoms. The van der Waals surface area contributed by atoms with Crippen molar-refractivity contribution in [1.29, 1.82) is 0 Å². The van der Waals surface area contributed by atoms with E-state index in [1.807, 2.05) is 6.92 Å². The molecule has 0 spiro atoms. The largest absolute Gasteiger partial charge is 0.385 e. The smallest absolute Gasteiger partial charge is 0.260 e. The summed E-state index contributed by atoms with van der Waals surface area (Å²) in [5.74, 6) is 0.375. The van der Waals surface area contributed by atoms with Crippen LogP contribution in [0.15, 0.2) is 23.1 Å². The molecule has 10 heteroatoms. The molecule has 1 fully saturated rings. The number of unbranched alkanes of at least 4 members (excludes halogenated alkanes) is 1. The summed E-state index contributed by atoms with van der Waals surface area (Å²) < 4.78 is 27.8. The van der Waals surface area contributed by atoms with Crippen LogP contribution in [-0.4, -0.2) is 60.0 Å². The molecule has 1 amide bonds. The molecule has 9 nitrogen and oxygen atoms in total. The summed E-state index contributed by atoms with van der Waals surface area (Å²) in [5, 5.41) is 10.6. The van der Waals surface area contributed by atoms with Gasteiger partial charge in [0.25, 0.3) is 5.91 Å². The van der Waals surface area contributed by atoms with Crippen molar-refractivity contribution < 1.29 is 18.0 Å². The van der Waals surface area contributed by atoms with Crippen LogP contribution >= 0.6 is 0 Å². The zero-order valence-electron chi connectivity index (χ0n) is 17.2. The van der Waals surface area contributed by atoms with Crippen LogP contribution in [0.25, 0.3) is 11.0 Å². The lowest BCUT2D eigenvalue weighted by atomic mass is 9.94. The Morgan fingerprint density at radius 1 is 1.28 bits per heavy atom. The molecule has 1 aliphatic rings. The fraction of sp³-hybridized carbons (Fsp3) is 0.632. The van der Waals surface area contributed by atoms with E-state index in [0.717, 1.165) is 24.1 Å². The number of carbonyl (C=O) groups is 1. The van der Waals surface area contributed by atoms with Gasteiger partial charge in [-0.3, -0.25) is 4.79 Å². The Morgan fingerprint density at radius 2 is 2.00 bits per heavy atom. The van der Waals surface area contributed by atoms with Gasteiger partial charge in [0, 0.05) is 19.6 Å². The van der Waals surface area contributed by atoms with Crippen LogP contribution in [0, 0.1) is 11.8 Å². The van der Waals surface area contributed by atoms with Crippen molar-refractivity contribution in [1.82, 2.24) is 24.8 Å². The van der Waals surface area contributed by atoms with Gasteiger partial charge in [-0.15, -0.1) is 5.10 Å². The Balaban J connectivity index is 1.77. The molecule has 0 radical (unpaired) electrons. The molecule has 2 heterocycles. The van der Waals surface area contributed by atoms with Crippen LogP contribution in [0.4, 0.5) is 0 Å². The number of nitrogens with zero attached hydrogens (tertiary/aromatic N) is 4. The van der Waals surface area contributed by atoms with E-state index >= 15 is 0 Å². The third kappa shape index (κ3) is 5.05. The van der Waals surface area contributed by atoms with Crippen LogP contribution in [0.5, 0.6) is 0 Å². The number of piperidine rings is 1. The van der Waals surface area contributed by atoms with Crippen molar-refractivity contribution >= 4 is 27.0 Å². The van der Waals surface area contributed by atoms with Crippen LogP contribution < -0.4 is 10.2 Å². The molecule has 0 unspecified atom stereocenters. The standard InChI is InChI=1S/C19H29N5O4S/c1-4-5-8-20-19(25)13-28-24-18-10-16(6-7-17(18)21-22-24)29(26,27)23-11-14(2)9-15(3)12-23/h6-7,10,14-15H,4-5,8-9,11-13H2,1-3H3,(H,20,25)/t14-,15+. The highest BCUT2D eigenvalue weighted by molar-refractivity contribution is 7.89. The maximum absolute atomic E-state index is 13.1. The highest BCUT2D eigenvalue weighted by atomic mass is 32.2.